The van der Waals surface area contributed by atoms with Crippen LogP contribution in [0.1, 0.15) is 25.5 Å². The normalized spacial score (nSPS) is 11.1. The smallest absolute Gasteiger partial charge is 0.0685 e. The fraction of sp³-hybridized carbons (Fsp3) is 0.357. The Morgan fingerprint density at radius 2 is 2.12 bits per heavy atom. The first-order valence-corrected chi connectivity index (χ1v) is 6.00. The molecule has 0 bridgehead atoms. The summed E-state index contributed by atoms with van der Waals surface area (Å²) >= 11 is 0. The predicted molar refractivity (Wildman–Crippen MR) is 70.8 cm³/mol. The van der Waals surface area contributed by atoms with Gasteiger partial charge in [0.1, 0.15) is 0 Å². The van der Waals surface area contributed by atoms with Gasteiger partial charge in [-0.15, -0.1) is 0 Å². The summed E-state index contributed by atoms with van der Waals surface area (Å²) in [6, 6.07) is 11.0. The standard InChI is InChI=1S/C14H19N3/c1-11(2)17-14(7-8-16-17)13-6-4-5-12(9-13)10-15-3/h4-9,11,15H,10H2,1-3H3. The van der Waals surface area contributed by atoms with E-state index in [1.54, 1.807) is 0 Å². The molecule has 0 saturated heterocycles. The first kappa shape index (κ1) is 11.9. The van der Waals surface area contributed by atoms with Crippen molar-refractivity contribution in [2.45, 2.75) is 26.4 Å². The van der Waals surface area contributed by atoms with E-state index in [2.05, 4.69) is 59.3 Å². The van der Waals surface area contributed by atoms with Crippen LogP contribution in [0, 0.1) is 0 Å². The second-order valence-corrected chi connectivity index (χ2v) is 4.49. The average Bonchev–Trinajstić information content (AvgIpc) is 2.79. The molecule has 0 unspecified atom stereocenters. The molecule has 0 aliphatic rings. The average molecular weight is 229 g/mol. The number of benzene rings is 1. The van der Waals surface area contributed by atoms with Gasteiger partial charge >= 0.3 is 0 Å². The van der Waals surface area contributed by atoms with Crippen molar-refractivity contribution >= 4 is 0 Å². The van der Waals surface area contributed by atoms with Crippen molar-refractivity contribution in [2.24, 2.45) is 0 Å². The van der Waals surface area contributed by atoms with E-state index in [1.165, 1.54) is 16.8 Å². The van der Waals surface area contributed by atoms with Crippen molar-refractivity contribution in [2.75, 3.05) is 7.05 Å². The number of nitrogens with zero attached hydrogens (tertiary/aromatic N) is 2. The zero-order valence-corrected chi connectivity index (χ0v) is 10.6. The summed E-state index contributed by atoms with van der Waals surface area (Å²) in [6.07, 6.45) is 1.86. The molecule has 0 fully saturated rings. The van der Waals surface area contributed by atoms with E-state index in [1.807, 2.05) is 13.2 Å². The van der Waals surface area contributed by atoms with Gasteiger partial charge in [0.05, 0.1) is 5.69 Å². The van der Waals surface area contributed by atoms with Crippen LogP contribution in [0.2, 0.25) is 0 Å². The van der Waals surface area contributed by atoms with Crippen LogP contribution < -0.4 is 5.32 Å². The van der Waals surface area contributed by atoms with Gasteiger partial charge in [-0.25, -0.2) is 0 Å². The molecule has 1 heterocycles. The zero-order chi connectivity index (χ0) is 12.3. The maximum atomic E-state index is 4.37. The van der Waals surface area contributed by atoms with E-state index in [4.69, 9.17) is 0 Å². The minimum Gasteiger partial charge on any atom is -0.316 e. The maximum absolute atomic E-state index is 4.37. The highest BCUT2D eigenvalue weighted by Crippen LogP contribution is 2.22. The van der Waals surface area contributed by atoms with Crippen LogP contribution in [-0.4, -0.2) is 16.8 Å². The molecule has 0 atom stereocenters. The van der Waals surface area contributed by atoms with Crippen LogP contribution >= 0.6 is 0 Å². The van der Waals surface area contributed by atoms with Crippen LogP contribution in [0.15, 0.2) is 36.5 Å². The first-order chi connectivity index (χ1) is 8.22. The molecular formula is C14H19N3. The molecule has 0 spiro atoms. The summed E-state index contributed by atoms with van der Waals surface area (Å²) in [5.41, 5.74) is 3.70. The van der Waals surface area contributed by atoms with Crippen LogP contribution in [0.4, 0.5) is 0 Å². The Kier molecular flexibility index (Phi) is 3.59. The molecular weight excluding hydrogens is 210 g/mol. The molecule has 90 valence electrons. The molecule has 0 aliphatic heterocycles. The van der Waals surface area contributed by atoms with E-state index in [0.29, 0.717) is 6.04 Å². The Balaban J connectivity index is 2.38. The lowest BCUT2D eigenvalue weighted by molar-refractivity contribution is 0.538. The van der Waals surface area contributed by atoms with Crippen molar-refractivity contribution in [3.63, 3.8) is 0 Å². The summed E-state index contributed by atoms with van der Waals surface area (Å²) in [5, 5.41) is 7.54. The lowest BCUT2D eigenvalue weighted by atomic mass is 10.1. The summed E-state index contributed by atoms with van der Waals surface area (Å²) in [6.45, 7) is 5.19. The summed E-state index contributed by atoms with van der Waals surface area (Å²) < 4.78 is 2.05. The molecule has 3 heteroatoms. The molecule has 2 rings (SSSR count). The molecule has 0 aliphatic carbocycles. The highest BCUT2D eigenvalue weighted by molar-refractivity contribution is 5.60. The molecule has 3 nitrogen and oxygen atoms in total. The maximum Gasteiger partial charge on any atom is 0.0685 e. The third-order valence-electron chi connectivity index (χ3n) is 2.76. The van der Waals surface area contributed by atoms with Crippen molar-refractivity contribution in [1.29, 1.82) is 0 Å². The van der Waals surface area contributed by atoms with E-state index in [0.717, 1.165) is 6.54 Å². The third-order valence-corrected chi connectivity index (χ3v) is 2.76. The van der Waals surface area contributed by atoms with Gasteiger partial charge in [0.25, 0.3) is 0 Å². The van der Waals surface area contributed by atoms with Crippen molar-refractivity contribution in [3.8, 4) is 11.3 Å². The molecule has 1 aromatic heterocycles. The Labute approximate surface area is 102 Å². The molecule has 0 radical (unpaired) electrons. The lowest BCUT2D eigenvalue weighted by Gasteiger charge is -2.11. The molecule has 1 N–H and O–H groups in total. The van der Waals surface area contributed by atoms with E-state index in [-0.39, 0.29) is 0 Å². The number of hydrogen-bond acceptors (Lipinski definition) is 2. The van der Waals surface area contributed by atoms with E-state index >= 15 is 0 Å². The summed E-state index contributed by atoms with van der Waals surface area (Å²) in [4.78, 5) is 0. The highest BCUT2D eigenvalue weighted by Gasteiger charge is 2.08. The quantitative estimate of drug-likeness (QED) is 0.873. The molecule has 0 saturated carbocycles. The van der Waals surface area contributed by atoms with Crippen LogP contribution in [0.25, 0.3) is 11.3 Å². The van der Waals surface area contributed by atoms with Crippen molar-refractivity contribution < 1.29 is 0 Å². The molecule has 0 amide bonds. The molecule has 2 aromatic rings. The van der Waals surface area contributed by atoms with Gasteiger partial charge in [-0.1, -0.05) is 18.2 Å². The van der Waals surface area contributed by atoms with Gasteiger partial charge in [-0.2, -0.15) is 5.10 Å². The Morgan fingerprint density at radius 1 is 1.29 bits per heavy atom. The van der Waals surface area contributed by atoms with Crippen molar-refractivity contribution in [3.05, 3.63) is 42.1 Å². The van der Waals surface area contributed by atoms with E-state index in [9.17, 15) is 0 Å². The van der Waals surface area contributed by atoms with Crippen molar-refractivity contribution in [1.82, 2.24) is 15.1 Å². The fourth-order valence-corrected chi connectivity index (χ4v) is 2.00. The van der Waals surface area contributed by atoms with Gasteiger partial charge in [0.15, 0.2) is 0 Å². The fourth-order valence-electron chi connectivity index (χ4n) is 2.00. The van der Waals surface area contributed by atoms with Gasteiger partial charge < -0.3 is 5.32 Å². The topological polar surface area (TPSA) is 29.9 Å². The van der Waals surface area contributed by atoms with E-state index < -0.39 is 0 Å². The second-order valence-electron chi connectivity index (χ2n) is 4.49. The van der Waals surface area contributed by atoms with Gasteiger partial charge in [0.2, 0.25) is 0 Å². The largest absolute Gasteiger partial charge is 0.316 e. The SMILES string of the molecule is CNCc1cccc(-c2ccnn2C(C)C)c1. The Hall–Kier alpha value is -1.61. The highest BCUT2D eigenvalue weighted by atomic mass is 15.3. The van der Waals surface area contributed by atoms with Gasteiger partial charge in [-0.05, 0) is 38.6 Å². The number of nitrogens with one attached hydrogen (secondary N) is 1. The third kappa shape index (κ3) is 2.56. The molecule has 1 aromatic carbocycles. The predicted octanol–water partition coefficient (Wildman–Crippen LogP) is 2.85. The number of hydrogen-bond donors (Lipinski definition) is 1. The van der Waals surface area contributed by atoms with Crippen LogP contribution in [-0.2, 0) is 6.54 Å². The van der Waals surface area contributed by atoms with Gasteiger partial charge in [0, 0.05) is 24.3 Å². The minimum absolute atomic E-state index is 0.382. The lowest BCUT2D eigenvalue weighted by Crippen LogP contribution is -2.06. The first-order valence-electron chi connectivity index (χ1n) is 6.00. The minimum atomic E-state index is 0.382. The van der Waals surface area contributed by atoms with Crippen LogP contribution in [0.3, 0.4) is 0 Å². The van der Waals surface area contributed by atoms with Crippen LogP contribution in [0.5, 0.6) is 0 Å². The monoisotopic (exact) mass is 229 g/mol. The van der Waals surface area contributed by atoms with Gasteiger partial charge in [-0.3, -0.25) is 4.68 Å². The summed E-state index contributed by atoms with van der Waals surface area (Å²) in [5.74, 6) is 0. The Morgan fingerprint density at radius 3 is 2.82 bits per heavy atom. The molecule has 17 heavy (non-hydrogen) atoms. The summed E-state index contributed by atoms with van der Waals surface area (Å²) in [7, 11) is 1.96. The zero-order valence-electron chi connectivity index (χ0n) is 10.6. The second kappa shape index (κ2) is 5.15. The number of rotatable bonds is 4. The number of aromatic nitrogens is 2. The Bertz CT molecular complexity index is 486.